The van der Waals surface area contributed by atoms with Crippen LogP contribution in [0.3, 0.4) is 0 Å². The first-order valence-electron chi connectivity index (χ1n) is 6.35. The van der Waals surface area contributed by atoms with Crippen LogP contribution in [-0.4, -0.2) is 27.8 Å². The number of aromatic nitrogens is 1. The van der Waals surface area contributed by atoms with Crippen molar-refractivity contribution >= 4 is 12.0 Å². The van der Waals surface area contributed by atoms with Gasteiger partial charge in [0.1, 0.15) is 5.76 Å². The SMILES string of the molecule is Cc1noc(C)c1C(C)NC(=O)NC(C)(C)CC(=O)O. The zero-order valence-corrected chi connectivity index (χ0v) is 12.4. The molecule has 1 aromatic rings. The number of hydrogen-bond donors (Lipinski definition) is 3. The topological polar surface area (TPSA) is 104 Å². The highest BCUT2D eigenvalue weighted by atomic mass is 16.5. The number of carbonyl (C=O) groups is 2. The minimum absolute atomic E-state index is 0.153. The number of carboxylic acids is 1. The van der Waals surface area contributed by atoms with E-state index in [1.165, 1.54) is 0 Å². The highest BCUT2D eigenvalue weighted by molar-refractivity contribution is 5.77. The van der Waals surface area contributed by atoms with E-state index < -0.39 is 17.5 Å². The third-order valence-electron chi connectivity index (χ3n) is 2.91. The van der Waals surface area contributed by atoms with Crippen LogP contribution in [0.1, 0.15) is 50.3 Å². The molecular formula is C13H21N3O4. The minimum atomic E-state index is -0.964. The first-order valence-corrected chi connectivity index (χ1v) is 6.35. The maximum Gasteiger partial charge on any atom is 0.315 e. The summed E-state index contributed by atoms with van der Waals surface area (Å²) in [6.45, 7) is 8.70. The molecule has 0 aliphatic carbocycles. The number of aryl methyl sites for hydroxylation is 2. The normalized spacial score (nSPS) is 12.8. The van der Waals surface area contributed by atoms with Crippen LogP contribution >= 0.6 is 0 Å². The van der Waals surface area contributed by atoms with E-state index in [-0.39, 0.29) is 12.5 Å². The molecule has 2 amide bonds. The zero-order chi connectivity index (χ0) is 15.5. The molecule has 7 heteroatoms. The summed E-state index contributed by atoms with van der Waals surface area (Å²) in [5, 5.41) is 18.0. The van der Waals surface area contributed by atoms with Gasteiger partial charge < -0.3 is 20.3 Å². The number of aliphatic carboxylic acids is 1. The molecule has 0 saturated heterocycles. The molecule has 0 fully saturated rings. The van der Waals surface area contributed by atoms with Crippen molar-refractivity contribution in [3.05, 3.63) is 17.0 Å². The lowest BCUT2D eigenvalue weighted by Crippen LogP contribution is -2.49. The molecule has 0 aliphatic heterocycles. The Kier molecular flexibility index (Phi) is 4.75. The fourth-order valence-electron chi connectivity index (χ4n) is 2.14. The van der Waals surface area contributed by atoms with E-state index in [1.807, 2.05) is 6.92 Å². The predicted molar refractivity (Wildman–Crippen MR) is 72.4 cm³/mol. The van der Waals surface area contributed by atoms with E-state index >= 15 is 0 Å². The van der Waals surface area contributed by atoms with Crippen molar-refractivity contribution in [2.24, 2.45) is 0 Å². The quantitative estimate of drug-likeness (QED) is 0.765. The largest absolute Gasteiger partial charge is 0.481 e. The molecule has 0 spiro atoms. The van der Waals surface area contributed by atoms with Crippen molar-refractivity contribution in [3.63, 3.8) is 0 Å². The van der Waals surface area contributed by atoms with Crippen LogP contribution in [0, 0.1) is 13.8 Å². The first-order chi connectivity index (χ1) is 9.12. The minimum Gasteiger partial charge on any atom is -0.481 e. The zero-order valence-electron chi connectivity index (χ0n) is 12.4. The highest BCUT2D eigenvalue weighted by Crippen LogP contribution is 2.20. The Labute approximate surface area is 117 Å². The molecule has 20 heavy (non-hydrogen) atoms. The number of carbonyl (C=O) groups excluding carboxylic acids is 1. The summed E-state index contributed by atoms with van der Waals surface area (Å²) in [6.07, 6.45) is -0.153. The van der Waals surface area contributed by atoms with Gasteiger partial charge in [-0.25, -0.2) is 4.79 Å². The van der Waals surface area contributed by atoms with Gasteiger partial charge in [-0.15, -0.1) is 0 Å². The van der Waals surface area contributed by atoms with E-state index in [0.29, 0.717) is 5.76 Å². The molecule has 112 valence electrons. The van der Waals surface area contributed by atoms with Crippen molar-refractivity contribution in [3.8, 4) is 0 Å². The number of nitrogens with zero attached hydrogens (tertiary/aromatic N) is 1. The van der Waals surface area contributed by atoms with Gasteiger partial charge in [0.25, 0.3) is 0 Å². The highest BCUT2D eigenvalue weighted by Gasteiger charge is 2.25. The summed E-state index contributed by atoms with van der Waals surface area (Å²) in [5.74, 6) is -0.311. The fraction of sp³-hybridized carbons (Fsp3) is 0.615. The Balaban J connectivity index is 2.65. The summed E-state index contributed by atoms with van der Waals surface area (Å²) < 4.78 is 5.05. The third-order valence-corrected chi connectivity index (χ3v) is 2.91. The van der Waals surface area contributed by atoms with Crippen molar-refractivity contribution < 1.29 is 19.2 Å². The number of rotatable bonds is 5. The van der Waals surface area contributed by atoms with Gasteiger partial charge in [-0.1, -0.05) is 5.16 Å². The molecule has 0 radical (unpaired) electrons. The molecule has 0 bridgehead atoms. The van der Waals surface area contributed by atoms with Gasteiger partial charge in [0, 0.05) is 11.1 Å². The van der Waals surface area contributed by atoms with Crippen molar-refractivity contribution in [2.45, 2.75) is 52.6 Å². The maximum absolute atomic E-state index is 11.9. The van der Waals surface area contributed by atoms with Crippen LogP contribution in [0.15, 0.2) is 4.52 Å². The van der Waals surface area contributed by atoms with Gasteiger partial charge in [0.15, 0.2) is 0 Å². The second-order valence-electron chi connectivity index (χ2n) is 5.51. The summed E-state index contributed by atoms with van der Waals surface area (Å²) >= 11 is 0. The number of urea groups is 1. The average Bonchev–Trinajstić information content (AvgIpc) is 2.54. The first kappa shape index (κ1) is 16.0. The van der Waals surface area contributed by atoms with Gasteiger partial charge in [-0.3, -0.25) is 4.79 Å². The van der Waals surface area contributed by atoms with Crippen molar-refractivity contribution in [2.75, 3.05) is 0 Å². The Bertz CT molecular complexity index is 488. The number of hydrogen-bond acceptors (Lipinski definition) is 4. The molecule has 0 aromatic carbocycles. The number of amides is 2. The molecule has 3 N–H and O–H groups in total. The Morgan fingerprint density at radius 1 is 1.40 bits per heavy atom. The van der Waals surface area contributed by atoms with Gasteiger partial charge >= 0.3 is 12.0 Å². The molecule has 1 rings (SSSR count). The van der Waals surface area contributed by atoms with E-state index in [4.69, 9.17) is 9.63 Å². The van der Waals surface area contributed by atoms with Crippen LogP contribution in [0.4, 0.5) is 4.79 Å². The summed E-state index contributed by atoms with van der Waals surface area (Å²) in [6, 6.07) is -0.703. The molecule has 7 nitrogen and oxygen atoms in total. The number of carboxylic acid groups (broad SMARTS) is 1. The lowest BCUT2D eigenvalue weighted by molar-refractivity contribution is -0.138. The Morgan fingerprint density at radius 3 is 2.45 bits per heavy atom. The smallest absolute Gasteiger partial charge is 0.315 e. The molecule has 1 unspecified atom stereocenters. The van der Waals surface area contributed by atoms with Gasteiger partial charge in [-0.2, -0.15) is 0 Å². The van der Waals surface area contributed by atoms with Crippen LogP contribution in [0.2, 0.25) is 0 Å². The fourth-order valence-corrected chi connectivity index (χ4v) is 2.14. The van der Waals surface area contributed by atoms with E-state index in [0.717, 1.165) is 11.3 Å². The molecular weight excluding hydrogens is 262 g/mol. The van der Waals surface area contributed by atoms with Crippen LogP contribution in [0.25, 0.3) is 0 Å². The van der Waals surface area contributed by atoms with Crippen LogP contribution < -0.4 is 10.6 Å². The van der Waals surface area contributed by atoms with Crippen molar-refractivity contribution in [1.29, 1.82) is 0 Å². The average molecular weight is 283 g/mol. The lowest BCUT2D eigenvalue weighted by atomic mass is 10.0. The summed E-state index contributed by atoms with van der Waals surface area (Å²) in [7, 11) is 0. The third kappa shape index (κ3) is 4.25. The van der Waals surface area contributed by atoms with Crippen LogP contribution in [0.5, 0.6) is 0 Å². The Morgan fingerprint density at radius 2 is 2.00 bits per heavy atom. The Hall–Kier alpha value is -2.05. The molecule has 1 heterocycles. The molecule has 0 saturated carbocycles. The summed E-state index contributed by atoms with van der Waals surface area (Å²) in [4.78, 5) is 22.6. The van der Waals surface area contributed by atoms with Gasteiger partial charge in [0.05, 0.1) is 18.2 Å². The molecule has 1 atom stereocenters. The summed E-state index contributed by atoms with van der Waals surface area (Å²) in [5.41, 5.74) is 0.727. The second kappa shape index (κ2) is 5.94. The maximum atomic E-state index is 11.9. The van der Waals surface area contributed by atoms with Gasteiger partial charge in [-0.05, 0) is 34.6 Å². The van der Waals surface area contributed by atoms with Crippen LogP contribution in [-0.2, 0) is 4.79 Å². The predicted octanol–water partition coefficient (Wildman–Crippen LogP) is 1.90. The second-order valence-corrected chi connectivity index (χ2v) is 5.51. The molecule has 1 aromatic heterocycles. The van der Waals surface area contributed by atoms with E-state index in [2.05, 4.69) is 15.8 Å². The molecule has 0 aliphatic rings. The lowest BCUT2D eigenvalue weighted by Gasteiger charge is -2.25. The van der Waals surface area contributed by atoms with E-state index in [1.54, 1.807) is 27.7 Å². The van der Waals surface area contributed by atoms with E-state index in [9.17, 15) is 9.59 Å². The van der Waals surface area contributed by atoms with Crippen molar-refractivity contribution in [1.82, 2.24) is 15.8 Å². The van der Waals surface area contributed by atoms with Gasteiger partial charge in [0.2, 0.25) is 0 Å². The standard InChI is InChI=1S/C13H21N3O4/c1-7(11-8(2)16-20-9(11)3)14-12(19)15-13(4,5)6-10(17)18/h7H,6H2,1-5H3,(H,17,18)(H2,14,15,19). The monoisotopic (exact) mass is 283 g/mol. The number of nitrogens with one attached hydrogen (secondary N) is 2.